The minimum atomic E-state index is -3.68. The van der Waals surface area contributed by atoms with Crippen LogP contribution in [0.15, 0.2) is 59.0 Å². The quantitative estimate of drug-likeness (QED) is 0.585. The summed E-state index contributed by atoms with van der Waals surface area (Å²) in [5.41, 5.74) is 1.59. The average molecular weight is 360 g/mol. The molecule has 132 valence electrons. The minimum absolute atomic E-state index is 0.0348. The van der Waals surface area contributed by atoms with E-state index in [2.05, 4.69) is 0 Å². The number of benzene rings is 2. The van der Waals surface area contributed by atoms with Crippen LogP contribution in [0.25, 0.3) is 6.08 Å². The third kappa shape index (κ3) is 4.70. The van der Waals surface area contributed by atoms with Crippen LogP contribution in [-0.2, 0) is 19.4 Å². The molecule has 2 aromatic rings. The Kier molecular flexibility index (Phi) is 5.98. The van der Waals surface area contributed by atoms with Crippen LogP contribution in [0.5, 0.6) is 5.75 Å². The number of carbonyl (C=O) groups is 1. The summed E-state index contributed by atoms with van der Waals surface area (Å²) in [6.45, 7) is 1.87. The fraction of sp³-hybridized carbons (Fsp3) is 0.211. The van der Waals surface area contributed by atoms with Gasteiger partial charge < -0.3 is 9.47 Å². The molecule has 0 aliphatic rings. The lowest BCUT2D eigenvalue weighted by molar-refractivity contribution is -0.135. The van der Waals surface area contributed by atoms with Gasteiger partial charge in [-0.3, -0.25) is 0 Å². The highest BCUT2D eigenvalue weighted by atomic mass is 32.2. The van der Waals surface area contributed by atoms with Gasteiger partial charge in [0.1, 0.15) is 5.75 Å². The van der Waals surface area contributed by atoms with E-state index in [4.69, 9.17) is 9.47 Å². The molecule has 0 radical (unpaired) electrons. The van der Waals surface area contributed by atoms with Gasteiger partial charge in [0, 0.05) is 5.56 Å². The zero-order valence-electron chi connectivity index (χ0n) is 14.4. The predicted molar refractivity (Wildman–Crippen MR) is 96.2 cm³/mol. The van der Waals surface area contributed by atoms with E-state index in [1.165, 1.54) is 32.4 Å². The monoisotopic (exact) mass is 360 g/mol. The van der Waals surface area contributed by atoms with Gasteiger partial charge in [0.15, 0.2) is 9.84 Å². The molecular weight excluding hydrogens is 340 g/mol. The summed E-state index contributed by atoms with van der Waals surface area (Å²) in [4.78, 5) is 12.2. The molecule has 0 atom stereocenters. The topological polar surface area (TPSA) is 69.7 Å². The van der Waals surface area contributed by atoms with E-state index in [1.54, 1.807) is 36.4 Å². The van der Waals surface area contributed by atoms with E-state index in [0.717, 1.165) is 5.56 Å². The summed E-state index contributed by atoms with van der Waals surface area (Å²) in [5, 5.41) is 0. The maximum absolute atomic E-state index is 12.6. The first-order valence-electron chi connectivity index (χ1n) is 7.58. The number of aryl methyl sites for hydroxylation is 1. The smallest absolute Gasteiger partial charge is 0.334 e. The van der Waals surface area contributed by atoms with Crippen LogP contribution in [0.2, 0.25) is 0 Å². The number of hydrogen-bond acceptors (Lipinski definition) is 5. The Balaban J connectivity index is 2.43. The molecule has 0 amide bonds. The second kappa shape index (κ2) is 7.98. The third-order valence-electron chi connectivity index (χ3n) is 3.64. The standard InChI is InChI=1S/C19H20O5S/c1-14-8-10-17(11-9-14)25(21,22)13-16(19(20)24-3)12-15-6-4-5-7-18(15)23-2/h4-12H,13H2,1-3H3/b16-12+. The number of methoxy groups -OCH3 is 2. The summed E-state index contributed by atoms with van der Waals surface area (Å²) in [6, 6.07) is 13.5. The van der Waals surface area contributed by atoms with Gasteiger partial charge in [-0.2, -0.15) is 0 Å². The van der Waals surface area contributed by atoms with Crippen molar-refractivity contribution in [1.82, 2.24) is 0 Å². The molecule has 0 saturated carbocycles. The molecule has 0 aromatic heterocycles. The SMILES string of the molecule is COC(=O)/C(=C/c1ccccc1OC)CS(=O)(=O)c1ccc(C)cc1. The van der Waals surface area contributed by atoms with E-state index < -0.39 is 21.6 Å². The zero-order valence-corrected chi connectivity index (χ0v) is 15.2. The molecule has 0 bridgehead atoms. The van der Waals surface area contributed by atoms with Crippen molar-refractivity contribution in [2.75, 3.05) is 20.0 Å². The number of esters is 1. The number of ether oxygens (including phenoxy) is 2. The molecular formula is C19H20O5S. The van der Waals surface area contributed by atoms with Gasteiger partial charge in [-0.25, -0.2) is 13.2 Å². The molecule has 2 rings (SSSR count). The molecule has 6 heteroatoms. The molecule has 2 aromatic carbocycles. The first-order chi connectivity index (χ1) is 11.9. The lowest BCUT2D eigenvalue weighted by atomic mass is 10.1. The van der Waals surface area contributed by atoms with Crippen molar-refractivity contribution in [3.8, 4) is 5.75 Å². The number of hydrogen-bond donors (Lipinski definition) is 0. The largest absolute Gasteiger partial charge is 0.496 e. The Morgan fingerprint density at radius 3 is 2.28 bits per heavy atom. The molecule has 0 spiro atoms. The molecule has 25 heavy (non-hydrogen) atoms. The van der Waals surface area contributed by atoms with Crippen molar-refractivity contribution in [1.29, 1.82) is 0 Å². The van der Waals surface area contributed by atoms with Crippen LogP contribution in [-0.4, -0.2) is 34.4 Å². The number of para-hydroxylation sites is 1. The number of rotatable bonds is 6. The first kappa shape index (κ1) is 18.7. The minimum Gasteiger partial charge on any atom is -0.496 e. The molecule has 5 nitrogen and oxygen atoms in total. The zero-order chi connectivity index (χ0) is 18.4. The molecule has 0 heterocycles. The van der Waals surface area contributed by atoms with Crippen molar-refractivity contribution in [2.45, 2.75) is 11.8 Å². The Morgan fingerprint density at radius 1 is 1.04 bits per heavy atom. The Morgan fingerprint density at radius 2 is 1.68 bits per heavy atom. The van der Waals surface area contributed by atoms with Crippen molar-refractivity contribution < 1.29 is 22.7 Å². The van der Waals surface area contributed by atoms with Crippen molar-refractivity contribution in [3.05, 3.63) is 65.2 Å². The predicted octanol–water partition coefficient (Wildman–Crippen LogP) is 3.03. The van der Waals surface area contributed by atoms with E-state index in [0.29, 0.717) is 11.3 Å². The maximum Gasteiger partial charge on any atom is 0.334 e. The normalized spacial score (nSPS) is 11.9. The fourth-order valence-corrected chi connectivity index (χ4v) is 3.63. The van der Waals surface area contributed by atoms with Gasteiger partial charge in [-0.1, -0.05) is 35.9 Å². The summed E-state index contributed by atoms with van der Waals surface area (Å²) >= 11 is 0. The second-order valence-electron chi connectivity index (χ2n) is 5.48. The van der Waals surface area contributed by atoms with Gasteiger partial charge in [0.2, 0.25) is 0 Å². The van der Waals surface area contributed by atoms with Crippen molar-refractivity contribution in [2.24, 2.45) is 0 Å². The van der Waals surface area contributed by atoms with Crippen LogP contribution in [0, 0.1) is 6.92 Å². The Bertz CT molecular complexity index is 880. The van der Waals surface area contributed by atoms with Crippen LogP contribution in [0.3, 0.4) is 0 Å². The molecule has 0 saturated heterocycles. The third-order valence-corrected chi connectivity index (χ3v) is 5.32. The van der Waals surface area contributed by atoms with Crippen molar-refractivity contribution in [3.63, 3.8) is 0 Å². The molecule has 0 aliphatic heterocycles. The summed E-state index contributed by atoms with van der Waals surface area (Å²) < 4.78 is 35.3. The maximum atomic E-state index is 12.6. The van der Waals surface area contributed by atoms with Crippen LogP contribution in [0.1, 0.15) is 11.1 Å². The second-order valence-corrected chi connectivity index (χ2v) is 7.46. The lowest BCUT2D eigenvalue weighted by Gasteiger charge is -2.10. The van der Waals surface area contributed by atoms with Gasteiger partial charge in [0.25, 0.3) is 0 Å². The van der Waals surface area contributed by atoms with Gasteiger partial charge in [0.05, 0.1) is 30.4 Å². The van der Waals surface area contributed by atoms with Crippen LogP contribution >= 0.6 is 0 Å². The number of carbonyl (C=O) groups excluding carboxylic acids is 1. The highest BCUT2D eigenvalue weighted by Crippen LogP contribution is 2.23. The molecule has 0 unspecified atom stereocenters. The molecule has 0 aliphatic carbocycles. The van der Waals surface area contributed by atoms with Crippen LogP contribution < -0.4 is 4.74 Å². The average Bonchev–Trinajstić information content (AvgIpc) is 2.61. The molecule has 0 fully saturated rings. The van der Waals surface area contributed by atoms with E-state index in [9.17, 15) is 13.2 Å². The Labute approximate surface area is 147 Å². The Hall–Kier alpha value is -2.60. The van der Waals surface area contributed by atoms with Gasteiger partial charge >= 0.3 is 5.97 Å². The van der Waals surface area contributed by atoms with Gasteiger partial charge in [-0.15, -0.1) is 0 Å². The first-order valence-corrected chi connectivity index (χ1v) is 9.24. The van der Waals surface area contributed by atoms with Gasteiger partial charge in [-0.05, 0) is 31.2 Å². The van der Waals surface area contributed by atoms with E-state index >= 15 is 0 Å². The summed E-state index contributed by atoms with van der Waals surface area (Å²) in [5.74, 6) is -0.612. The summed E-state index contributed by atoms with van der Waals surface area (Å²) in [7, 11) is -0.954. The fourth-order valence-electron chi connectivity index (χ4n) is 2.30. The molecule has 0 N–H and O–H groups in total. The number of sulfone groups is 1. The van der Waals surface area contributed by atoms with E-state index in [1.807, 2.05) is 6.92 Å². The van der Waals surface area contributed by atoms with E-state index in [-0.39, 0.29) is 10.5 Å². The highest BCUT2D eigenvalue weighted by molar-refractivity contribution is 7.91. The summed E-state index contributed by atoms with van der Waals surface area (Å²) in [6.07, 6.45) is 1.48. The van der Waals surface area contributed by atoms with Crippen molar-refractivity contribution >= 4 is 21.9 Å². The lowest BCUT2D eigenvalue weighted by Crippen LogP contribution is -2.16. The van der Waals surface area contributed by atoms with Crippen LogP contribution in [0.4, 0.5) is 0 Å². The highest BCUT2D eigenvalue weighted by Gasteiger charge is 2.22.